The number of fused-ring (bicyclic) bond motifs is 1. The molecule has 35 heavy (non-hydrogen) atoms. The third kappa shape index (κ3) is 4.99. The Hall–Kier alpha value is -2.74. The van der Waals surface area contributed by atoms with Crippen molar-refractivity contribution in [3.8, 4) is 5.75 Å². The number of aromatic nitrogens is 5. The van der Waals surface area contributed by atoms with E-state index in [0.717, 1.165) is 53.7 Å². The van der Waals surface area contributed by atoms with Crippen LogP contribution in [0.4, 0.5) is 0 Å². The zero-order chi connectivity index (χ0) is 24.4. The van der Waals surface area contributed by atoms with Crippen molar-refractivity contribution in [2.24, 2.45) is 5.92 Å². The van der Waals surface area contributed by atoms with Gasteiger partial charge in [-0.05, 0) is 66.3 Å². The molecular weight excluding hydrogens is 440 g/mol. The summed E-state index contributed by atoms with van der Waals surface area (Å²) in [6.45, 7) is 5.08. The molecule has 2 heterocycles. The van der Waals surface area contributed by atoms with Crippen LogP contribution in [-0.2, 0) is 6.54 Å². The molecule has 0 radical (unpaired) electrons. The summed E-state index contributed by atoms with van der Waals surface area (Å²) in [6, 6.07) is 8.64. The SMILES string of the molecule is COc1ccc2[nH]c(=O)c(CN(C3CCCC3)[C@@H](c3nnnn3C3CCCCC3)C(C)C)cc2c1. The number of H-pyrrole nitrogens is 1. The lowest BCUT2D eigenvalue weighted by Gasteiger charge is -2.38. The summed E-state index contributed by atoms with van der Waals surface area (Å²) in [4.78, 5) is 18.8. The van der Waals surface area contributed by atoms with Gasteiger partial charge in [-0.1, -0.05) is 46.0 Å². The van der Waals surface area contributed by atoms with E-state index >= 15 is 0 Å². The standard InChI is InChI=1S/C27H38N6O2/c1-18(2)25(26-29-30-31-33(26)22-11-5-4-6-12-22)32(21-9-7-8-10-21)17-20-15-19-16-23(35-3)13-14-24(19)28-27(20)34/h13-16,18,21-22,25H,4-12,17H2,1-3H3,(H,28,34)/t25-/m1/s1. The van der Waals surface area contributed by atoms with Crippen LogP contribution in [-0.4, -0.2) is 43.2 Å². The highest BCUT2D eigenvalue weighted by Crippen LogP contribution is 2.38. The topological polar surface area (TPSA) is 88.9 Å². The third-order valence-electron chi connectivity index (χ3n) is 7.97. The van der Waals surface area contributed by atoms with E-state index in [1.54, 1.807) is 7.11 Å². The molecule has 0 amide bonds. The van der Waals surface area contributed by atoms with Crippen LogP contribution in [0.3, 0.4) is 0 Å². The third-order valence-corrected chi connectivity index (χ3v) is 7.97. The fourth-order valence-corrected chi connectivity index (χ4v) is 6.17. The molecule has 0 aliphatic heterocycles. The first-order valence-corrected chi connectivity index (χ1v) is 13.3. The van der Waals surface area contributed by atoms with E-state index in [1.165, 1.54) is 32.1 Å². The average molecular weight is 479 g/mol. The van der Waals surface area contributed by atoms with Crippen LogP contribution < -0.4 is 10.3 Å². The number of ether oxygens (including phenoxy) is 1. The van der Waals surface area contributed by atoms with Gasteiger partial charge >= 0.3 is 0 Å². The summed E-state index contributed by atoms with van der Waals surface area (Å²) >= 11 is 0. The Bertz CT molecular complexity index is 1190. The average Bonchev–Trinajstić information content (AvgIpc) is 3.57. The van der Waals surface area contributed by atoms with Crippen LogP contribution >= 0.6 is 0 Å². The lowest BCUT2D eigenvalue weighted by Crippen LogP contribution is -2.41. The Kier molecular flexibility index (Phi) is 7.18. The second kappa shape index (κ2) is 10.5. The van der Waals surface area contributed by atoms with Gasteiger partial charge in [0, 0.05) is 29.1 Å². The van der Waals surface area contributed by atoms with Crippen molar-refractivity contribution >= 4 is 10.9 Å². The molecule has 2 saturated carbocycles. The smallest absolute Gasteiger partial charge is 0.252 e. The molecule has 2 aliphatic rings. The van der Waals surface area contributed by atoms with Crippen molar-refractivity contribution in [3.63, 3.8) is 0 Å². The maximum atomic E-state index is 13.2. The number of hydrogen-bond donors (Lipinski definition) is 1. The summed E-state index contributed by atoms with van der Waals surface area (Å²) in [7, 11) is 1.67. The highest BCUT2D eigenvalue weighted by atomic mass is 16.5. The van der Waals surface area contributed by atoms with Crippen LogP contribution in [0.25, 0.3) is 10.9 Å². The molecule has 8 nitrogen and oxygen atoms in total. The molecule has 8 heteroatoms. The normalized spacial score (nSPS) is 18.7. The Morgan fingerprint density at radius 1 is 1.09 bits per heavy atom. The van der Waals surface area contributed by atoms with Gasteiger partial charge in [-0.25, -0.2) is 4.68 Å². The highest BCUT2D eigenvalue weighted by Gasteiger charge is 2.36. The van der Waals surface area contributed by atoms with Gasteiger partial charge in [0.25, 0.3) is 5.56 Å². The van der Waals surface area contributed by atoms with Gasteiger partial charge in [0.05, 0.1) is 19.2 Å². The van der Waals surface area contributed by atoms with E-state index in [0.29, 0.717) is 24.5 Å². The van der Waals surface area contributed by atoms with Crippen molar-refractivity contribution in [1.82, 2.24) is 30.1 Å². The zero-order valence-electron chi connectivity index (χ0n) is 21.2. The minimum absolute atomic E-state index is 0.0277. The number of tetrazole rings is 1. The Morgan fingerprint density at radius 3 is 2.54 bits per heavy atom. The fourth-order valence-electron chi connectivity index (χ4n) is 6.17. The number of benzene rings is 1. The molecular formula is C27H38N6O2. The molecule has 0 bridgehead atoms. The van der Waals surface area contributed by atoms with Crippen LogP contribution in [0.15, 0.2) is 29.1 Å². The predicted octanol–water partition coefficient (Wildman–Crippen LogP) is 5.17. The minimum Gasteiger partial charge on any atom is -0.497 e. The number of pyridine rings is 1. The first kappa shape index (κ1) is 24.0. The second-order valence-electron chi connectivity index (χ2n) is 10.6. The molecule has 2 fully saturated rings. The van der Waals surface area contributed by atoms with Crippen molar-refractivity contribution in [3.05, 3.63) is 46.0 Å². The van der Waals surface area contributed by atoms with Gasteiger partial charge in [0.2, 0.25) is 0 Å². The van der Waals surface area contributed by atoms with Crippen molar-refractivity contribution < 1.29 is 4.74 Å². The van der Waals surface area contributed by atoms with Crippen LogP contribution in [0.1, 0.15) is 95.1 Å². The van der Waals surface area contributed by atoms with Crippen molar-refractivity contribution in [1.29, 1.82) is 0 Å². The Labute approximate surface area is 207 Å². The summed E-state index contributed by atoms with van der Waals surface area (Å²) in [6.07, 6.45) is 10.8. The summed E-state index contributed by atoms with van der Waals surface area (Å²) in [5, 5.41) is 14.2. The number of nitrogens with one attached hydrogen (secondary N) is 1. The molecule has 188 valence electrons. The predicted molar refractivity (Wildman–Crippen MR) is 136 cm³/mol. The molecule has 5 rings (SSSR count). The van der Waals surface area contributed by atoms with Gasteiger partial charge < -0.3 is 9.72 Å². The number of aromatic amines is 1. The molecule has 1 N–H and O–H groups in total. The number of nitrogens with zero attached hydrogens (tertiary/aromatic N) is 5. The largest absolute Gasteiger partial charge is 0.497 e. The number of hydrogen-bond acceptors (Lipinski definition) is 6. The fraction of sp³-hybridized carbons (Fsp3) is 0.630. The van der Waals surface area contributed by atoms with Gasteiger partial charge in [-0.15, -0.1) is 5.10 Å². The first-order valence-electron chi connectivity index (χ1n) is 13.3. The summed E-state index contributed by atoms with van der Waals surface area (Å²) in [5.74, 6) is 2.05. The van der Waals surface area contributed by atoms with Crippen molar-refractivity contribution in [2.45, 2.75) is 96.3 Å². The maximum Gasteiger partial charge on any atom is 0.252 e. The minimum atomic E-state index is -0.0277. The van der Waals surface area contributed by atoms with E-state index in [-0.39, 0.29) is 11.6 Å². The van der Waals surface area contributed by atoms with E-state index in [2.05, 4.69) is 43.9 Å². The number of rotatable bonds is 8. The van der Waals surface area contributed by atoms with Crippen LogP contribution in [0.5, 0.6) is 5.75 Å². The maximum absolute atomic E-state index is 13.2. The lowest BCUT2D eigenvalue weighted by atomic mass is 9.94. The Balaban J connectivity index is 1.53. The Morgan fingerprint density at radius 2 is 1.83 bits per heavy atom. The highest BCUT2D eigenvalue weighted by molar-refractivity contribution is 5.80. The molecule has 2 aromatic heterocycles. The molecule has 0 unspecified atom stereocenters. The summed E-state index contributed by atoms with van der Waals surface area (Å²) < 4.78 is 7.53. The van der Waals surface area contributed by atoms with Gasteiger partial charge in [0.1, 0.15) is 5.75 Å². The number of methoxy groups -OCH3 is 1. The molecule has 2 aliphatic carbocycles. The van der Waals surface area contributed by atoms with Gasteiger partial charge in [-0.3, -0.25) is 9.69 Å². The molecule has 0 saturated heterocycles. The zero-order valence-corrected chi connectivity index (χ0v) is 21.2. The van der Waals surface area contributed by atoms with E-state index in [1.807, 2.05) is 24.3 Å². The van der Waals surface area contributed by atoms with E-state index in [9.17, 15) is 4.79 Å². The van der Waals surface area contributed by atoms with Crippen LogP contribution in [0.2, 0.25) is 0 Å². The summed E-state index contributed by atoms with van der Waals surface area (Å²) in [5.41, 5.74) is 1.58. The van der Waals surface area contributed by atoms with E-state index < -0.39 is 0 Å². The van der Waals surface area contributed by atoms with Gasteiger partial charge in [-0.2, -0.15) is 0 Å². The molecule has 3 aromatic rings. The monoisotopic (exact) mass is 478 g/mol. The quantitative estimate of drug-likeness (QED) is 0.480. The molecule has 1 atom stereocenters. The van der Waals surface area contributed by atoms with Gasteiger partial charge in [0.15, 0.2) is 5.82 Å². The lowest BCUT2D eigenvalue weighted by molar-refractivity contribution is 0.0815. The van der Waals surface area contributed by atoms with E-state index in [4.69, 9.17) is 4.74 Å². The molecule has 0 spiro atoms. The second-order valence-corrected chi connectivity index (χ2v) is 10.6. The van der Waals surface area contributed by atoms with Crippen LogP contribution in [0, 0.1) is 5.92 Å². The van der Waals surface area contributed by atoms with Crippen molar-refractivity contribution in [2.75, 3.05) is 7.11 Å². The molecule has 1 aromatic carbocycles. The first-order chi connectivity index (χ1) is 17.0.